The number of rotatable bonds is 28. The first-order valence-corrected chi connectivity index (χ1v) is 28.0. The summed E-state index contributed by atoms with van der Waals surface area (Å²) in [5.74, 6) is -14.3. The Labute approximate surface area is 497 Å². The van der Waals surface area contributed by atoms with Crippen LogP contribution in [0.1, 0.15) is 141 Å². The predicted octanol–water partition coefficient (Wildman–Crippen LogP) is -2.50. The molecule has 2 aliphatic heterocycles. The minimum atomic E-state index is -2.50. The number of nitrogens with two attached hydrogens (primary N) is 1. The lowest BCUT2D eigenvalue weighted by Gasteiger charge is -2.43. The third-order valence-corrected chi connectivity index (χ3v) is 15.2. The average molecular weight is 1220 g/mol. The number of nitrogens with zero attached hydrogens (tertiary/aromatic N) is 1. The Morgan fingerprint density at radius 2 is 1.37 bits per heavy atom. The van der Waals surface area contributed by atoms with Crippen LogP contribution in [0.3, 0.4) is 0 Å². The van der Waals surface area contributed by atoms with Gasteiger partial charge >= 0.3 is 5.97 Å². The van der Waals surface area contributed by atoms with E-state index in [9.17, 15) is 93.0 Å². The van der Waals surface area contributed by atoms with Crippen molar-refractivity contribution in [2.75, 3.05) is 20.3 Å². The molecule has 0 radical (unpaired) electrons. The molecule has 1 saturated heterocycles. The van der Waals surface area contributed by atoms with Crippen LogP contribution < -0.4 is 42.4 Å². The summed E-state index contributed by atoms with van der Waals surface area (Å²) in [6.45, 7) is 6.11. The number of Topliss-reactive ketones (excluding diaryl/α,β-unsaturated/α-hetero) is 1. The van der Waals surface area contributed by atoms with E-state index in [4.69, 9.17) is 19.9 Å². The number of fused-ring (bicyclic) bond motifs is 3. The molecule has 0 spiro atoms. The zero-order valence-corrected chi connectivity index (χ0v) is 48.5. The van der Waals surface area contributed by atoms with E-state index in [1.807, 2.05) is 0 Å². The molecule has 2 heterocycles. The van der Waals surface area contributed by atoms with Gasteiger partial charge in [-0.15, -0.1) is 0 Å². The number of carboxylic acid groups (broad SMARTS) is 1. The molecule has 0 saturated carbocycles. The third-order valence-electron chi connectivity index (χ3n) is 15.2. The van der Waals surface area contributed by atoms with Gasteiger partial charge in [0.1, 0.15) is 65.8 Å². The smallest absolute Gasteiger partial charge is 0.305 e. The highest BCUT2D eigenvalue weighted by Gasteiger charge is 2.51. The molecule has 14 N–H and O–H groups in total. The number of hydrogen-bond acceptors (Lipinski definition) is 21. The number of phenolic OH excluding ortho intramolecular Hbond substituents is 2. The van der Waals surface area contributed by atoms with Crippen molar-refractivity contribution in [3.63, 3.8) is 0 Å². The number of aromatic hydroxyl groups is 2. The van der Waals surface area contributed by atoms with E-state index < -0.39 is 204 Å². The van der Waals surface area contributed by atoms with Gasteiger partial charge in [-0.2, -0.15) is 0 Å². The number of nitrogens with one attached hydrogen (secondary N) is 6. The number of hydrogen-bond donors (Lipinski definition) is 13. The number of methoxy groups -OCH3 is 1. The van der Waals surface area contributed by atoms with Gasteiger partial charge in [0, 0.05) is 61.1 Å². The maximum Gasteiger partial charge on any atom is 0.305 e. The summed E-state index contributed by atoms with van der Waals surface area (Å²) in [6, 6.07) is -4.93. The Bertz CT molecular complexity index is 3130. The summed E-state index contributed by atoms with van der Waals surface area (Å²) < 4.78 is 17.6. The topological polar surface area (TPSA) is 472 Å². The minimum Gasteiger partial charge on any atom is -0.507 e. The van der Waals surface area contributed by atoms with E-state index >= 15 is 0 Å². The van der Waals surface area contributed by atoms with E-state index in [-0.39, 0.29) is 59.7 Å². The van der Waals surface area contributed by atoms with Gasteiger partial charge in [-0.3, -0.25) is 67.2 Å². The number of aliphatic hydroxyl groups excluding tert-OH is 2. The standard InChI is InChI=1S/C57H72N8O22/c1-24(2)17-31(64-56(83)32(18-37(58)68)63-53(80)26(4)59-52(79)25(3)60-54(81)33(19-41(72)73)61-38(69)13-8-7-9-16-65-39(70)14-15-40(65)71)55(82)62-30-20-42(86-27(5)47(30)74)87-35-22-57(84,36(67)23-66)21-29-44(35)51(78)46-45(49(29)76)48(75)28-11-10-12-34(85-6)43(28)50(46)77/h10-12,14-15,24-27,30-33,35,42,47,66,74,76,78,84H,7-9,13,16-23H2,1-6H3,(H2,58,68)(H,59,79)(H,60,81)(H,61,69)(H,62,82)(H,63,80)(H,64,83)(H,72,73)/t25-,26-,27+,30+,31?,32-,33?,35+,42+,47-,57+/m1/s1. The van der Waals surface area contributed by atoms with Crippen LogP contribution in [0.15, 0.2) is 30.4 Å². The van der Waals surface area contributed by atoms with Crippen molar-refractivity contribution in [2.45, 2.75) is 165 Å². The molecule has 9 amide bonds. The van der Waals surface area contributed by atoms with Gasteiger partial charge in [0.15, 0.2) is 17.9 Å². The highest BCUT2D eigenvalue weighted by molar-refractivity contribution is 6.31. The molecule has 2 aromatic rings. The lowest BCUT2D eigenvalue weighted by atomic mass is 9.72. The number of carbonyl (C=O) groups excluding carboxylic acids is 12. The summed E-state index contributed by atoms with van der Waals surface area (Å²) in [7, 11) is 1.25. The summed E-state index contributed by atoms with van der Waals surface area (Å²) in [4.78, 5) is 170. The molecule has 87 heavy (non-hydrogen) atoms. The zero-order valence-electron chi connectivity index (χ0n) is 48.5. The maximum atomic E-state index is 14.2. The fraction of sp³-hybridized carbons (Fsp3) is 0.526. The van der Waals surface area contributed by atoms with Crippen LogP contribution >= 0.6 is 0 Å². The van der Waals surface area contributed by atoms with Crippen molar-refractivity contribution >= 4 is 76.5 Å². The van der Waals surface area contributed by atoms with Crippen molar-refractivity contribution < 1.29 is 107 Å². The lowest BCUT2D eigenvalue weighted by Crippen LogP contribution is -2.61. The SMILES string of the molecule is COc1cccc2c1C(=O)c1c(O)c3c(c(O)c1C2=O)C[C@@](O)(C(=O)CO)C[C@@H]3O[C@H]1C[C@H](NC(=O)C(CC(C)C)NC(=O)[C@@H](CC(N)=O)NC(=O)[C@@H](C)NC(=O)[C@@H](C)NC(=O)C(CC(=O)O)NC(=O)CCCCCN2C(=O)C=CC2=O)[C@H](O)[C@H](C)O1. The second-order valence-corrected chi connectivity index (χ2v) is 22.2. The molecule has 1 fully saturated rings. The first-order valence-electron chi connectivity index (χ1n) is 28.0. The monoisotopic (exact) mass is 1220 g/mol. The molecule has 30 nitrogen and oxygen atoms in total. The fourth-order valence-corrected chi connectivity index (χ4v) is 10.6. The molecular weight excluding hydrogens is 1150 g/mol. The zero-order chi connectivity index (χ0) is 64.5. The second-order valence-electron chi connectivity index (χ2n) is 22.2. The largest absolute Gasteiger partial charge is 0.507 e. The van der Waals surface area contributed by atoms with Crippen LogP contribution in [0.5, 0.6) is 17.2 Å². The minimum absolute atomic E-state index is 0.0204. The number of unbranched alkanes of at least 4 members (excludes halogenated alkanes) is 2. The molecule has 6 rings (SSSR count). The van der Waals surface area contributed by atoms with Crippen LogP contribution in [0.2, 0.25) is 0 Å². The Morgan fingerprint density at radius 3 is 1.98 bits per heavy atom. The number of amides is 9. The molecule has 4 aliphatic rings. The number of aliphatic hydroxyl groups is 3. The summed E-state index contributed by atoms with van der Waals surface area (Å²) >= 11 is 0. The molecule has 472 valence electrons. The highest BCUT2D eigenvalue weighted by Crippen LogP contribution is 2.52. The Morgan fingerprint density at radius 1 is 0.770 bits per heavy atom. The molecule has 2 aliphatic carbocycles. The number of ketones is 3. The summed E-state index contributed by atoms with van der Waals surface area (Å²) in [5, 5.41) is 80.5. The maximum absolute atomic E-state index is 14.2. The molecule has 0 aromatic heterocycles. The van der Waals surface area contributed by atoms with Gasteiger partial charge in [0.05, 0.1) is 54.9 Å². The van der Waals surface area contributed by atoms with Crippen LogP contribution in [0, 0.1) is 5.92 Å². The summed E-state index contributed by atoms with van der Waals surface area (Å²) in [5.41, 5.74) is 0.621. The number of phenols is 2. The number of primary amides is 1. The lowest BCUT2D eigenvalue weighted by molar-refractivity contribution is -0.249. The van der Waals surface area contributed by atoms with E-state index in [1.54, 1.807) is 13.8 Å². The summed E-state index contributed by atoms with van der Waals surface area (Å²) in [6.07, 6.45) is -6.29. The van der Waals surface area contributed by atoms with Crippen molar-refractivity contribution in [1.29, 1.82) is 0 Å². The third kappa shape index (κ3) is 15.8. The van der Waals surface area contributed by atoms with Gasteiger partial charge in [-0.1, -0.05) is 32.4 Å². The average Bonchev–Trinajstić information content (AvgIpc) is 0.975. The van der Waals surface area contributed by atoms with Crippen molar-refractivity contribution in [2.24, 2.45) is 11.7 Å². The Balaban J connectivity index is 1.10. The number of aliphatic carboxylic acids is 1. The van der Waals surface area contributed by atoms with E-state index in [2.05, 4.69) is 31.9 Å². The van der Waals surface area contributed by atoms with Crippen molar-refractivity contribution in [3.05, 3.63) is 63.7 Å². The first-order chi connectivity index (χ1) is 40.9. The van der Waals surface area contributed by atoms with E-state index in [1.165, 1.54) is 46.1 Å². The van der Waals surface area contributed by atoms with Gasteiger partial charge < -0.3 is 82.5 Å². The van der Waals surface area contributed by atoms with Crippen molar-refractivity contribution in [1.82, 2.24) is 36.8 Å². The molecule has 2 aromatic carbocycles. The molecule has 11 atom stereocenters. The molecule has 30 heteroatoms. The highest BCUT2D eigenvalue weighted by atomic mass is 16.7. The number of carboxylic acids is 1. The Kier molecular flexibility index (Phi) is 22.2. The van der Waals surface area contributed by atoms with Crippen LogP contribution in [-0.4, -0.2) is 193 Å². The number of benzene rings is 2. The van der Waals surface area contributed by atoms with E-state index in [0.29, 0.717) is 12.8 Å². The van der Waals surface area contributed by atoms with Crippen molar-refractivity contribution in [3.8, 4) is 17.2 Å². The van der Waals surface area contributed by atoms with Crippen LogP contribution in [0.4, 0.5) is 0 Å². The Hall–Kier alpha value is -8.71. The molecule has 2 unspecified atom stereocenters. The first kappa shape index (κ1) is 67.4. The van der Waals surface area contributed by atoms with E-state index in [0.717, 1.165) is 17.1 Å². The van der Waals surface area contributed by atoms with Gasteiger partial charge in [0.25, 0.3) is 11.8 Å². The molecular formula is C57H72N8O22. The quantitative estimate of drug-likeness (QED) is 0.0203. The predicted molar refractivity (Wildman–Crippen MR) is 297 cm³/mol. The molecule has 0 bridgehead atoms. The van der Waals surface area contributed by atoms with Gasteiger partial charge in [-0.05, 0) is 52.0 Å². The fourth-order valence-electron chi connectivity index (χ4n) is 10.6. The van der Waals surface area contributed by atoms with Gasteiger partial charge in [-0.25, -0.2) is 0 Å². The van der Waals surface area contributed by atoms with Crippen LogP contribution in [-0.2, 0) is 68.6 Å². The number of carbonyl (C=O) groups is 13. The second kappa shape index (κ2) is 28.7. The van der Waals surface area contributed by atoms with Gasteiger partial charge in [0.2, 0.25) is 47.1 Å². The number of ether oxygens (including phenoxy) is 3. The number of imide groups is 1. The van der Waals surface area contributed by atoms with Crippen LogP contribution in [0.25, 0.3) is 0 Å². The normalized spacial score (nSPS) is 22.1.